The molecule has 2 atom stereocenters. The molecule has 176 valence electrons. The fourth-order valence-electron chi connectivity index (χ4n) is 4.95. The average Bonchev–Trinajstić information content (AvgIpc) is 3.08. The van der Waals surface area contributed by atoms with E-state index in [9.17, 15) is 23.6 Å². The van der Waals surface area contributed by atoms with Crippen molar-refractivity contribution in [3.05, 3.63) is 69.5 Å². The van der Waals surface area contributed by atoms with Gasteiger partial charge in [-0.15, -0.1) is 0 Å². The molecule has 1 unspecified atom stereocenters. The fraction of sp³-hybridized carbons (Fsp3) is 0.360. The molecule has 2 fully saturated rings. The van der Waals surface area contributed by atoms with Crippen molar-refractivity contribution in [2.75, 3.05) is 0 Å². The molecule has 0 spiro atoms. The van der Waals surface area contributed by atoms with E-state index >= 15 is 0 Å². The number of imide groups is 1. The molecule has 5 rings (SSSR count). The number of rotatable bonds is 5. The number of nitrogens with zero attached hydrogens (tertiary/aromatic N) is 1. The minimum atomic E-state index is -0.721. The Kier molecular flexibility index (Phi) is 5.85. The summed E-state index contributed by atoms with van der Waals surface area (Å²) in [5, 5.41) is 5.51. The van der Waals surface area contributed by atoms with Crippen LogP contribution >= 0.6 is 11.6 Å². The first-order chi connectivity index (χ1) is 16.3. The summed E-state index contributed by atoms with van der Waals surface area (Å²) in [4.78, 5) is 51.2. The van der Waals surface area contributed by atoms with E-state index in [1.807, 2.05) is 0 Å². The van der Waals surface area contributed by atoms with Crippen LogP contribution in [0, 0.1) is 11.7 Å². The van der Waals surface area contributed by atoms with E-state index in [1.54, 1.807) is 24.3 Å². The summed E-state index contributed by atoms with van der Waals surface area (Å²) in [6, 6.07) is 7.98. The zero-order valence-electron chi connectivity index (χ0n) is 18.3. The Balaban J connectivity index is 1.37. The molecule has 3 aliphatic rings. The molecule has 2 aromatic rings. The maximum absolute atomic E-state index is 14.6. The summed E-state index contributed by atoms with van der Waals surface area (Å²) >= 11 is 6.29. The van der Waals surface area contributed by atoms with Crippen LogP contribution in [0.15, 0.2) is 36.4 Å². The lowest BCUT2D eigenvalue weighted by Crippen LogP contribution is -2.52. The van der Waals surface area contributed by atoms with Gasteiger partial charge >= 0.3 is 0 Å². The molecule has 2 aliphatic heterocycles. The summed E-state index contributed by atoms with van der Waals surface area (Å²) in [6.07, 6.45) is 3.19. The quantitative estimate of drug-likeness (QED) is 0.636. The Bertz CT molecular complexity index is 1190. The number of halogens is 2. The molecule has 1 aliphatic carbocycles. The molecule has 0 bridgehead atoms. The Hall–Kier alpha value is -3.26. The van der Waals surface area contributed by atoms with Crippen molar-refractivity contribution >= 4 is 35.2 Å². The largest absolute Gasteiger partial charge is 0.345 e. The van der Waals surface area contributed by atoms with Crippen LogP contribution in [0.3, 0.4) is 0 Å². The van der Waals surface area contributed by atoms with Crippen molar-refractivity contribution < 1.29 is 23.6 Å². The van der Waals surface area contributed by atoms with Crippen molar-refractivity contribution in [1.29, 1.82) is 0 Å². The molecule has 34 heavy (non-hydrogen) atoms. The van der Waals surface area contributed by atoms with Gasteiger partial charge in [-0.25, -0.2) is 4.39 Å². The molecule has 4 amide bonds. The molecule has 2 N–H and O–H groups in total. The zero-order chi connectivity index (χ0) is 24.0. The number of amides is 4. The molecular weight excluding hydrogens is 461 g/mol. The first-order valence-corrected chi connectivity index (χ1v) is 11.7. The molecule has 0 aromatic heterocycles. The Morgan fingerprint density at radius 1 is 1.15 bits per heavy atom. The molecule has 7 nitrogen and oxygen atoms in total. The Labute approximate surface area is 200 Å². The first kappa shape index (κ1) is 22.5. The zero-order valence-corrected chi connectivity index (χ0v) is 19.0. The second-order valence-electron chi connectivity index (χ2n) is 9.05. The van der Waals surface area contributed by atoms with E-state index in [1.165, 1.54) is 17.0 Å². The highest BCUT2D eigenvalue weighted by Crippen LogP contribution is 2.41. The third kappa shape index (κ3) is 3.96. The summed E-state index contributed by atoms with van der Waals surface area (Å²) < 4.78 is 14.6. The van der Waals surface area contributed by atoms with Gasteiger partial charge in [0.05, 0.1) is 6.04 Å². The van der Waals surface area contributed by atoms with E-state index < -0.39 is 23.8 Å². The monoisotopic (exact) mass is 483 g/mol. The van der Waals surface area contributed by atoms with Gasteiger partial charge in [-0.05, 0) is 61.1 Å². The first-order valence-electron chi connectivity index (χ1n) is 11.4. The van der Waals surface area contributed by atoms with Gasteiger partial charge in [-0.3, -0.25) is 24.5 Å². The number of fused-ring (bicyclic) bond motifs is 1. The number of piperidine rings is 1. The van der Waals surface area contributed by atoms with Gasteiger partial charge in [-0.2, -0.15) is 0 Å². The number of carbonyl (C=O) groups excluding carboxylic acids is 4. The van der Waals surface area contributed by atoms with Crippen LogP contribution in [-0.2, 0) is 16.1 Å². The van der Waals surface area contributed by atoms with Crippen molar-refractivity contribution in [3.63, 3.8) is 0 Å². The minimum Gasteiger partial charge on any atom is -0.345 e. The summed E-state index contributed by atoms with van der Waals surface area (Å²) in [6.45, 7) is 0.173. The maximum Gasteiger partial charge on any atom is 0.255 e. The lowest BCUT2D eigenvalue weighted by Gasteiger charge is -2.35. The topological polar surface area (TPSA) is 95.6 Å². The van der Waals surface area contributed by atoms with E-state index in [0.717, 1.165) is 19.3 Å². The van der Waals surface area contributed by atoms with Gasteiger partial charge in [0.25, 0.3) is 11.8 Å². The van der Waals surface area contributed by atoms with Gasteiger partial charge in [0, 0.05) is 34.7 Å². The van der Waals surface area contributed by atoms with E-state index in [2.05, 4.69) is 10.6 Å². The lowest BCUT2D eigenvalue weighted by atomic mass is 9.77. The summed E-state index contributed by atoms with van der Waals surface area (Å²) in [5.74, 6) is -1.88. The van der Waals surface area contributed by atoms with Crippen molar-refractivity contribution in [1.82, 2.24) is 15.5 Å². The number of benzene rings is 2. The highest BCUT2D eigenvalue weighted by atomic mass is 35.5. The standard InChI is InChI=1S/C25H23ClFN3O4/c26-17-5-2-6-18(27)21(17)22(13-3-1-4-13)29-23(32)14-7-8-16-15(11-14)12-30(25(16)34)19-9-10-20(31)28-24(19)33/h2,5-8,11,13,19,22H,1,3-4,9-10,12H2,(H,29,32)(H,28,31,33)/t19?,22-/m0/s1. The Morgan fingerprint density at radius 3 is 2.62 bits per heavy atom. The van der Waals surface area contributed by atoms with Crippen molar-refractivity contribution in [2.45, 2.75) is 50.7 Å². The second kappa shape index (κ2) is 8.83. The molecule has 1 saturated heterocycles. The van der Waals surface area contributed by atoms with Crippen LogP contribution in [-0.4, -0.2) is 34.6 Å². The smallest absolute Gasteiger partial charge is 0.255 e. The number of hydrogen-bond acceptors (Lipinski definition) is 4. The predicted octanol–water partition coefficient (Wildman–Crippen LogP) is 3.51. The number of nitrogens with one attached hydrogen (secondary N) is 2. The van der Waals surface area contributed by atoms with Crippen LogP contribution in [0.1, 0.15) is 70.0 Å². The van der Waals surface area contributed by atoms with Crippen molar-refractivity contribution in [2.24, 2.45) is 5.92 Å². The second-order valence-corrected chi connectivity index (χ2v) is 9.46. The molecule has 9 heteroatoms. The molecule has 2 heterocycles. The predicted molar refractivity (Wildman–Crippen MR) is 121 cm³/mol. The normalized spacial score (nSPS) is 21.1. The molecule has 0 radical (unpaired) electrons. The van der Waals surface area contributed by atoms with Crippen LogP contribution in [0.4, 0.5) is 4.39 Å². The molecular formula is C25H23ClFN3O4. The lowest BCUT2D eigenvalue weighted by molar-refractivity contribution is -0.136. The third-order valence-corrected chi connectivity index (χ3v) is 7.33. The van der Waals surface area contributed by atoms with Crippen LogP contribution in [0.2, 0.25) is 5.02 Å². The Morgan fingerprint density at radius 2 is 1.94 bits per heavy atom. The number of carbonyl (C=O) groups is 4. The SMILES string of the molecule is O=C1CCC(N2Cc3cc(C(=O)N[C@H](c4c(F)cccc4Cl)C4CCC4)ccc3C2=O)C(=O)N1. The van der Waals surface area contributed by atoms with E-state index in [0.29, 0.717) is 22.3 Å². The van der Waals surface area contributed by atoms with Gasteiger partial charge < -0.3 is 10.2 Å². The highest BCUT2D eigenvalue weighted by Gasteiger charge is 2.39. The highest BCUT2D eigenvalue weighted by molar-refractivity contribution is 6.31. The molecule has 2 aromatic carbocycles. The van der Waals surface area contributed by atoms with Gasteiger partial charge in [-0.1, -0.05) is 24.1 Å². The van der Waals surface area contributed by atoms with Gasteiger partial charge in [0.1, 0.15) is 11.9 Å². The minimum absolute atomic E-state index is 0.0948. The van der Waals surface area contributed by atoms with Gasteiger partial charge in [0.15, 0.2) is 0 Å². The van der Waals surface area contributed by atoms with Crippen LogP contribution in [0.25, 0.3) is 0 Å². The van der Waals surface area contributed by atoms with Gasteiger partial charge in [0.2, 0.25) is 11.8 Å². The fourth-order valence-corrected chi connectivity index (χ4v) is 5.23. The van der Waals surface area contributed by atoms with E-state index in [-0.39, 0.29) is 48.0 Å². The van der Waals surface area contributed by atoms with Crippen LogP contribution in [0.5, 0.6) is 0 Å². The number of hydrogen-bond donors (Lipinski definition) is 2. The maximum atomic E-state index is 14.6. The molecule has 1 saturated carbocycles. The average molecular weight is 484 g/mol. The summed E-state index contributed by atoms with van der Waals surface area (Å²) in [5.41, 5.74) is 1.69. The van der Waals surface area contributed by atoms with Crippen molar-refractivity contribution in [3.8, 4) is 0 Å². The summed E-state index contributed by atoms with van der Waals surface area (Å²) in [7, 11) is 0. The van der Waals surface area contributed by atoms with E-state index in [4.69, 9.17) is 11.6 Å². The third-order valence-electron chi connectivity index (χ3n) is 7.00. The van der Waals surface area contributed by atoms with Crippen LogP contribution < -0.4 is 10.6 Å².